The fourth-order valence-electron chi connectivity index (χ4n) is 3.31. The molecule has 142 valence electrons. The van der Waals surface area contributed by atoms with E-state index in [1.54, 1.807) is 0 Å². The number of likely N-dealkylation sites (tertiary alicyclic amines) is 1. The van der Waals surface area contributed by atoms with Crippen LogP contribution in [0.2, 0.25) is 0 Å². The van der Waals surface area contributed by atoms with Gasteiger partial charge in [0, 0.05) is 32.8 Å². The average Bonchev–Trinajstić information content (AvgIpc) is 2.58. The molecule has 0 bridgehead atoms. The van der Waals surface area contributed by atoms with E-state index < -0.39 is 0 Å². The molecule has 24 heavy (non-hydrogen) atoms. The van der Waals surface area contributed by atoms with Crippen LogP contribution in [0.5, 0.6) is 0 Å². The first-order chi connectivity index (χ1) is 11.6. The third-order valence-electron chi connectivity index (χ3n) is 4.75. The highest BCUT2D eigenvalue weighted by molar-refractivity contribution is 5.79. The molecule has 5 nitrogen and oxygen atoms in total. The Morgan fingerprint density at radius 1 is 1.25 bits per heavy atom. The number of ether oxygens (including phenoxy) is 1. The van der Waals surface area contributed by atoms with Gasteiger partial charge in [0.2, 0.25) is 0 Å². The molecule has 0 aromatic carbocycles. The molecule has 2 atom stereocenters. The van der Waals surface area contributed by atoms with Gasteiger partial charge in [-0.15, -0.1) is 0 Å². The zero-order valence-electron chi connectivity index (χ0n) is 16.6. The summed E-state index contributed by atoms with van der Waals surface area (Å²) < 4.78 is 5.82. The number of hydrogen-bond acceptors (Lipinski definition) is 3. The van der Waals surface area contributed by atoms with Crippen LogP contribution in [-0.2, 0) is 4.74 Å². The van der Waals surface area contributed by atoms with E-state index in [2.05, 4.69) is 50.2 Å². The van der Waals surface area contributed by atoms with Crippen LogP contribution in [0.1, 0.15) is 53.9 Å². The predicted molar refractivity (Wildman–Crippen MR) is 104 cm³/mol. The van der Waals surface area contributed by atoms with Crippen molar-refractivity contribution in [3.05, 3.63) is 0 Å². The van der Waals surface area contributed by atoms with Crippen LogP contribution in [0, 0.1) is 11.8 Å². The summed E-state index contributed by atoms with van der Waals surface area (Å²) in [6.45, 7) is 18.0. The predicted octanol–water partition coefficient (Wildman–Crippen LogP) is 2.72. The summed E-state index contributed by atoms with van der Waals surface area (Å²) in [5.74, 6) is 2.19. The van der Waals surface area contributed by atoms with Crippen molar-refractivity contribution in [3.8, 4) is 0 Å². The largest absolute Gasteiger partial charge is 0.378 e. The molecule has 1 fully saturated rings. The van der Waals surface area contributed by atoms with Crippen molar-refractivity contribution in [2.24, 2.45) is 16.8 Å². The Balaban J connectivity index is 2.41. The Labute approximate surface area is 149 Å². The quantitative estimate of drug-likeness (QED) is 0.474. The van der Waals surface area contributed by atoms with E-state index >= 15 is 0 Å². The van der Waals surface area contributed by atoms with Gasteiger partial charge in [0.15, 0.2) is 5.96 Å². The van der Waals surface area contributed by atoms with Gasteiger partial charge in [-0.05, 0) is 58.0 Å². The van der Waals surface area contributed by atoms with E-state index in [-0.39, 0.29) is 0 Å². The monoisotopic (exact) mass is 340 g/mol. The van der Waals surface area contributed by atoms with E-state index in [1.807, 2.05) is 0 Å². The third-order valence-corrected chi connectivity index (χ3v) is 4.75. The Morgan fingerprint density at radius 2 is 2.04 bits per heavy atom. The molecule has 1 heterocycles. The van der Waals surface area contributed by atoms with Gasteiger partial charge < -0.3 is 20.3 Å². The van der Waals surface area contributed by atoms with Gasteiger partial charge in [0.05, 0.1) is 6.10 Å². The van der Waals surface area contributed by atoms with Crippen LogP contribution >= 0.6 is 0 Å². The minimum Gasteiger partial charge on any atom is -0.378 e. The van der Waals surface area contributed by atoms with Crippen molar-refractivity contribution < 1.29 is 4.74 Å². The summed E-state index contributed by atoms with van der Waals surface area (Å²) in [6.07, 6.45) is 3.95. The SMILES string of the molecule is CCNC(=NCC1CCCN(CC)C1)NCCC(OCC)C(C)C. The van der Waals surface area contributed by atoms with Crippen LogP contribution in [0.25, 0.3) is 0 Å². The first-order valence-corrected chi connectivity index (χ1v) is 9.96. The summed E-state index contributed by atoms with van der Waals surface area (Å²) in [5.41, 5.74) is 0. The normalized spacial score (nSPS) is 21.1. The van der Waals surface area contributed by atoms with Crippen molar-refractivity contribution >= 4 is 5.96 Å². The maximum Gasteiger partial charge on any atom is 0.191 e. The van der Waals surface area contributed by atoms with Crippen LogP contribution in [0.4, 0.5) is 0 Å². The van der Waals surface area contributed by atoms with Crippen molar-refractivity contribution in [1.29, 1.82) is 0 Å². The minimum atomic E-state index is 0.321. The maximum absolute atomic E-state index is 5.82. The van der Waals surface area contributed by atoms with Gasteiger partial charge in [-0.1, -0.05) is 20.8 Å². The number of piperidine rings is 1. The molecule has 1 aliphatic heterocycles. The van der Waals surface area contributed by atoms with Crippen LogP contribution in [-0.4, -0.2) is 62.8 Å². The first-order valence-electron chi connectivity index (χ1n) is 9.96. The molecule has 0 amide bonds. The van der Waals surface area contributed by atoms with Gasteiger partial charge in [-0.2, -0.15) is 0 Å². The summed E-state index contributed by atoms with van der Waals surface area (Å²) >= 11 is 0. The molecular formula is C19H40N4O. The topological polar surface area (TPSA) is 48.9 Å². The standard InChI is InChI=1S/C19H40N4O/c1-6-20-19(21-12-11-18(16(4)5)24-8-3)22-14-17-10-9-13-23(7-2)15-17/h16-18H,6-15H2,1-5H3,(H2,20,21,22). The smallest absolute Gasteiger partial charge is 0.191 e. The van der Waals surface area contributed by atoms with Crippen molar-refractivity contribution in [2.45, 2.75) is 60.0 Å². The van der Waals surface area contributed by atoms with E-state index in [4.69, 9.17) is 9.73 Å². The molecule has 0 aromatic heterocycles. The fraction of sp³-hybridized carbons (Fsp3) is 0.947. The molecule has 0 aliphatic carbocycles. The molecule has 2 N–H and O–H groups in total. The van der Waals surface area contributed by atoms with Gasteiger partial charge in [-0.3, -0.25) is 4.99 Å². The fourth-order valence-corrected chi connectivity index (χ4v) is 3.31. The van der Waals surface area contributed by atoms with Crippen molar-refractivity contribution in [1.82, 2.24) is 15.5 Å². The Morgan fingerprint density at radius 3 is 2.67 bits per heavy atom. The molecule has 1 saturated heterocycles. The summed E-state index contributed by atoms with van der Waals surface area (Å²) in [5, 5.41) is 6.84. The zero-order chi connectivity index (χ0) is 17.8. The van der Waals surface area contributed by atoms with E-state index in [1.165, 1.54) is 25.9 Å². The van der Waals surface area contributed by atoms with Crippen LogP contribution in [0.3, 0.4) is 0 Å². The van der Waals surface area contributed by atoms with Gasteiger partial charge in [-0.25, -0.2) is 0 Å². The number of rotatable bonds is 10. The van der Waals surface area contributed by atoms with E-state index in [0.29, 0.717) is 17.9 Å². The lowest BCUT2D eigenvalue weighted by molar-refractivity contribution is 0.0258. The molecule has 1 rings (SSSR count). The first kappa shape index (κ1) is 21.2. The number of nitrogens with one attached hydrogen (secondary N) is 2. The lowest BCUT2D eigenvalue weighted by Gasteiger charge is -2.31. The Kier molecular flexibility index (Phi) is 11.1. The molecule has 0 spiro atoms. The number of guanidine groups is 1. The van der Waals surface area contributed by atoms with Crippen molar-refractivity contribution in [2.75, 3.05) is 45.9 Å². The number of hydrogen-bond donors (Lipinski definition) is 2. The second-order valence-corrected chi connectivity index (χ2v) is 7.07. The van der Waals surface area contributed by atoms with E-state index in [9.17, 15) is 0 Å². The second kappa shape index (κ2) is 12.5. The van der Waals surface area contributed by atoms with Crippen molar-refractivity contribution in [3.63, 3.8) is 0 Å². The Hall–Kier alpha value is -0.810. The van der Waals surface area contributed by atoms with Gasteiger partial charge in [0.1, 0.15) is 0 Å². The minimum absolute atomic E-state index is 0.321. The zero-order valence-corrected chi connectivity index (χ0v) is 16.6. The lowest BCUT2D eigenvalue weighted by Crippen LogP contribution is -2.40. The highest BCUT2D eigenvalue weighted by Crippen LogP contribution is 2.16. The summed E-state index contributed by atoms with van der Waals surface area (Å²) in [6, 6.07) is 0. The molecule has 5 heteroatoms. The summed E-state index contributed by atoms with van der Waals surface area (Å²) in [4.78, 5) is 7.36. The molecule has 0 radical (unpaired) electrons. The van der Waals surface area contributed by atoms with E-state index in [0.717, 1.165) is 45.2 Å². The van der Waals surface area contributed by atoms with Crippen LogP contribution in [0.15, 0.2) is 4.99 Å². The van der Waals surface area contributed by atoms with Gasteiger partial charge in [0.25, 0.3) is 0 Å². The third kappa shape index (κ3) is 8.34. The second-order valence-electron chi connectivity index (χ2n) is 7.07. The number of nitrogens with zero attached hydrogens (tertiary/aromatic N) is 2. The molecule has 0 aromatic rings. The Bertz CT molecular complexity index is 346. The highest BCUT2D eigenvalue weighted by Gasteiger charge is 2.18. The average molecular weight is 341 g/mol. The van der Waals surface area contributed by atoms with Gasteiger partial charge >= 0.3 is 0 Å². The lowest BCUT2D eigenvalue weighted by atomic mass is 9.98. The summed E-state index contributed by atoms with van der Waals surface area (Å²) in [7, 11) is 0. The molecule has 2 unspecified atom stereocenters. The van der Waals surface area contributed by atoms with Crippen LogP contribution < -0.4 is 10.6 Å². The number of aliphatic imine (C=N–C) groups is 1. The molecular weight excluding hydrogens is 300 g/mol. The molecule has 1 aliphatic rings. The maximum atomic E-state index is 5.82. The molecule has 0 saturated carbocycles. The highest BCUT2D eigenvalue weighted by atomic mass is 16.5.